The Kier molecular flexibility index (Phi) is 4.22. The smallest absolute Gasteiger partial charge is 0.119 e. The minimum atomic E-state index is 0.537. The average molecular weight is 263 g/mol. The Labute approximate surface area is 119 Å². The lowest BCUT2D eigenvalue weighted by molar-refractivity contribution is 0.353. The van der Waals surface area contributed by atoms with Crippen LogP contribution < -0.4 is 4.74 Å². The first-order valence-electron chi connectivity index (χ1n) is 6.48. The summed E-state index contributed by atoms with van der Waals surface area (Å²) in [6, 6.07) is 15.9. The molecule has 0 saturated carbocycles. The number of ether oxygens (including phenoxy) is 1. The average Bonchev–Trinajstić information content (AvgIpc) is 2.45. The monoisotopic (exact) mass is 263 g/mol. The van der Waals surface area contributed by atoms with E-state index in [-0.39, 0.29) is 0 Å². The summed E-state index contributed by atoms with van der Waals surface area (Å²) in [5, 5.41) is 8.89. The predicted octanol–water partition coefficient (Wildman–Crippen LogP) is 4.49. The van der Waals surface area contributed by atoms with Crippen LogP contribution in [-0.4, -0.2) is 6.61 Å². The van der Waals surface area contributed by atoms with E-state index in [1.54, 1.807) is 0 Å². The Morgan fingerprint density at radius 3 is 2.45 bits per heavy atom. The van der Waals surface area contributed by atoms with Gasteiger partial charge in [-0.15, -0.1) is 0 Å². The topological polar surface area (TPSA) is 33.0 Å². The zero-order chi connectivity index (χ0) is 14.5. The highest BCUT2D eigenvalue weighted by atomic mass is 16.5. The van der Waals surface area contributed by atoms with Crippen LogP contribution in [0.3, 0.4) is 0 Å². The number of rotatable bonds is 4. The van der Waals surface area contributed by atoms with E-state index in [9.17, 15) is 0 Å². The van der Waals surface area contributed by atoms with Gasteiger partial charge in [0.25, 0.3) is 0 Å². The molecule has 0 aliphatic carbocycles. The number of nitrogens with zero attached hydrogens (tertiary/aromatic N) is 1. The molecule has 2 rings (SSSR count). The predicted molar refractivity (Wildman–Crippen MR) is 81.6 cm³/mol. The van der Waals surface area contributed by atoms with Gasteiger partial charge in [-0.25, -0.2) is 0 Å². The van der Waals surface area contributed by atoms with Gasteiger partial charge in [-0.05, 0) is 60.4 Å². The number of hydrogen-bond donors (Lipinski definition) is 0. The Bertz CT molecular complexity index is 663. The fourth-order valence-corrected chi connectivity index (χ4v) is 1.99. The SMILES string of the molecule is C=C(C)COc1ccc(-c2ccc(C#N)cc2C)cc1. The van der Waals surface area contributed by atoms with E-state index in [4.69, 9.17) is 10.00 Å². The van der Waals surface area contributed by atoms with Crippen LogP contribution >= 0.6 is 0 Å². The van der Waals surface area contributed by atoms with Crippen molar-refractivity contribution in [2.75, 3.05) is 6.61 Å². The minimum absolute atomic E-state index is 0.537. The summed E-state index contributed by atoms with van der Waals surface area (Å²) in [6.45, 7) is 8.30. The quantitative estimate of drug-likeness (QED) is 0.761. The summed E-state index contributed by atoms with van der Waals surface area (Å²) in [6.07, 6.45) is 0. The van der Waals surface area contributed by atoms with E-state index in [1.807, 2.05) is 56.3 Å². The lowest BCUT2D eigenvalue weighted by Gasteiger charge is -2.09. The van der Waals surface area contributed by atoms with Gasteiger partial charge < -0.3 is 4.74 Å². The van der Waals surface area contributed by atoms with Crippen LogP contribution in [0.25, 0.3) is 11.1 Å². The van der Waals surface area contributed by atoms with Crippen molar-refractivity contribution in [2.24, 2.45) is 0 Å². The van der Waals surface area contributed by atoms with Gasteiger partial charge in [-0.3, -0.25) is 0 Å². The standard InChI is InChI=1S/C18H17NO/c1-13(2)12-20-17-7-5-16(6-8-17)18-9-4-15(11-19)10-14(18)3/h4-10H,1,12H2,2-3H3. The van der Waals surface area contributed by atoms with Gasteiger partial charge in [0.15, 0.2) is 0 Å². The molecule has 2 aromatic rings. The molecule has 0 N–H and O–H groups in total. The van der Waals surface area contributed by atoms with Gasteiger partial charge >= 0.3 is 0 Å². The lowest BCUT2D eigenvalue weighted by atomic mass is 9.99. The van der Waals surface area contributed by atoms with Crippen molar-refractivity contribution in [2.45, 2.75) is 13.8 Å². The molecule has 0 unspecified atom stereocenters. The van der Waals surface area contributed by atoms with Crippen LogP contribution in [0.15, 0.2) is 54.6 Å². The normalized spacial score (nSPS) is 9.85. The van der Waals surface area contributed by atoms with E-state index < -0.39 is 0 Å². The highest BCUT2D eigenvalue weighted by molar-refractivity contribution is 5.68. The Hall–Kier alpha value is -2.53. The first-order valence-corrected chi connectivity index (χ1v) is 6.48. The third-order valence-electron chi connectivity index (χ3n) is 3.01. The van der Waals surface area contributed by atoms with E-state index in [2.05, 4.69) is 12.6 Å². The molecule has 0 heterocycles. The summed E-state index contributed by atoms with van der Waals surface area (Å²) in [5.41, 5.74) is 5.04. The molecule has 100 valence electrons. The second-order valence-corrected chi connectivity index (χ2v) is 4.91. The largest absolute Gasteiger partial charge is 0.489 e. The molecule has 0 aromatic heterocycles. The third-order valence-corrected chi connectivity index (χ3v) is 3.01. The molecule has 0 amide bonds. The van der Waals surface area contributed by atoms with Gasteiger partial charge in [0.1, 0.15) is 12.4 Å². The maximum absolute atomic E-state index is 8.89. The molecular weight excluding hydrogens is 246 g/mol. The first kappa shape index (κ1) is 13.9. The Balaban J connectivity index is 2.22. The van der Waals surface area contributed by atoms with Crippen molar-refractivity contribution < 1.29 is 4.74 Å². The second-order valence-electron chi connectivity index (χ2n) is 4.91. The van der Waals surface area contributed by atoms with Crippen LogP contribution in [0, 0.1) is 18.3 Å². The molecular formula is C18H17NO. The molecule has 2 aromatic carbocycles. The fourth-order valence-electron chi connectivity index (χ4n) is 1.99. The summed E-state index contributed by atoms with van der Waals surface area (Å²) in [7, 11) is 0. The summed E-state index contributed by atoms with van der Waals surface area (Å²) < 4.78 is 5.58. The fraction of sp³-hybridized carbons (Fsp3) is 0.167. The van der Waals surface area contributed by atoms with Crippen LogP contribution in [-0.2, 0) is 0 Å². The van der Waals surface area contributed by atoms with Crippen LogP contribution in [0.5, 0.6) is 5.75 Å². The zero-order valence-corrected chi connectivity index (χ0v) is 11.8. The zero-order valence-electron chi connectivity index (χ0n) is 11.8. The van der Waals surface area contributed by atoms with E-state index in [0.29, 0.717) is 12.2 Å². The van der Waals surface area contributed by atoms with Crippen molar-refractivity contribution in [1.29, 1.82) is 5.26 Å². The highest BCUT2D eigenvalue weighted by Gasteiger charge is 2.03. The van der Waals surface area contributed by atoms with Gasteiger partial charge in [0.05, 0.1) is 11.6 Å². The van der Waals surface area contributed by atoms with Gasteiger partial charge in [0.2, 0.25) is 0 Å². The molecule has 20 heavy (non-hydrogen) atoms. The highest BCUT2D eigenvalue weighted by Crippen LogP contribution is 2.26. The van der Waals surface area contributed by atoms with Crippen molar-refractivity contribution in [3.63, 3.8) is 0 Å². The maximum atomic E-state index is 8.89. The molecule has 0 bridgehead atoms. The van der Waals surface area contributed by atoms with Crippen molar-refractivity contribution in [1.82, 2.24) is 0 Å². The molecule has 0 aliphatic heterocycles. The van der Waals surface area contributed by atoms with Crippen LogP contribution in [0.1, 0.15) is 18.1 Å². The number of benzene rings is 2. The number of hydrogen-bond acceptors (Lipinski definition) is 2. The summed E-state index contributed by atoms with van der Waals surface area (Å²) >= 11 is 0. The maximum Gasteiger partial charge on any atom is 0.119 e. The Morgan fingerprint density at radius 2 is 1.90 bits per heavy atom. The molecule has 0 aliphatic rings. The van der Waals surface area contributed by atoms with Gasteiger partial charge in [0, 0.05) is 0 Å². The number of nitriles is 1. The molecule has 0 spiro atoms. The van der Waals surface area contributed by atoms with Crippen molar-refractivity contribution in [3.05, 3.63) is 65.7 Å². The van der Waals surface area contributed by atoms with Crippen LogP contribution in [0.2, 0.25) is 0 Å². The van der Waals surface area contributed by atoms with Gasteiger partial charge in [-0.1, -0.05) is 24.8 Å². The summed E-state index contributed by atoms with van der Waals surface area (Å²) in [5.74, 6) is 0.836. The number of aryl methyl sites for hydroxylation is 1. The molecule has 2 nitrogen and oxygen atoms in total. The molecule has 0 fully saturated rings. The van der Waals surface area contributed by atoms with E-state index in [0.717, 1.165) is 28.0 Å². The lowest BCUT2D eigenvalue weighted by Crippen LogP contribution is -1.97. The van der Waals surface area contributed by atoms with Crippen LogP contribution in [0.4, 0.5) is 0 Å². The van der Waals surface area contributed by atoms with Crippen molar-refractivity contribution in [3.8, 4) is 22.9 Å². The van der Waals surface area contributed by atoms with Gasteiger partial charge in [-0.2, -0.15) is 5.26 Å². The van der Waals surface area contributed by atoms with Crippen molar-refractivity contribution >= 4 is 0 Å². The molecule has 2 heteroatoms. The first-order chi connectivity index (χ1) is 9.60. The van der Waals surface area contributed by atoms with E-state index >= 15 is 0 Å². The molecule has 0 radical (unpaired) electrons. The second kappa shape index (κ2) is 6.08. The third kappa shape index (κ3) is 3.27. The molecule has 0 atom stereocenters. The minimum Gasteiger partial charge on any atom is -0.489 e. The van der Waals surface area contributed by atoms with E-state index in [1.165, 1.54) is 0 Å². The molecule has 0 saturated heterocycles. The summed E-state index contributed by atoms with van der Waals surface area (Å²) in [4.78, 5) is 0. The Morgan fingerprint density at radius 1 is 1.20 bits per heavy atom.